The van der Waals surface area contributed by atoms with Crippen molar-refractivity contribution in [3.63, 3.8) is 0 Å². The van der Waals surface area contributed by atoms with Gasteiger partial charge in [0.05, 0.1) is 33.6 Å². The summed E-state index contributed by atoms with van der Waals surface area (Å²) in [4.78, 5) is 16.0. The van der Waals surface area contributed by atoms with E-state index in [4.69, 9.17) is 14.2 Å². The highest BCUT2D eigenvalue weighted by Crippen LogP contribution is 2.41. The van der Waals surface area contributed by atoms with E-state index in [1.807, 2.05) is 6.07 Å². The molecule has 0 aliphatic carbocycles. The Morgan fingerprint density at radius 1 is 0.968 bits per heavy atom. The first-order chi connectivity index (χ1) is 14.8. The SMILES string of the molecule is COc1ccc2[nH]c(=O)c(C3c4cc(OC)c(OC)cc4CCN3S(C)(=O)=O)cc2c1. The van der Waals surface area contributed by atoms with Crippen molar-refractivity contribution < 1.29 is 22.6 Å². The number of sulfonamides is 1. The molecule has 0 fully saturated rings. The third-order valence-corrected chi connectivity index (χ3v) is 6.88. The van der Waals surface area contributed by atoms with Crippen molar-refractivity contribution in [1.82, 2.24) is 9.29 Å². The average molecular weight is 445 g/mol. The summed E-state index contributed by atoms with van der Waals surface area (Å²) in [7, 11) is 1.04. The second-order valence-corrected chi connectivity index (χ2v) is 9.37. The Kier molecular flexibility index (Phi) is 5.40. The molecule has 0 saturated heterocycles. The lowest BCUT2D eigenvalue weighted by atomic mass is 9.89. The molecule has 2 heterocycles. The van der Waals surface area contributed by atoms with Gasteiger partial charge in [-0.15, -0.1) is 0 Å². The quantitative estimate of drug-likeness (QED) is 0.649. The molecule has 1 unspecified atom stereocenters. The smallest absolute Gasteiger partial charge is 0.253 e. The predicted octanol–water partition coefficient (Wildman–Crippen LogP) is 2.46. The van der Waals surface area contributed by atoms with E-state index in [9.17, 15) is 13.2 Å². The highest BCUT2D eigenvalue weighted by atomic mass is 32.2. The number of nitrogens with zero attached hydrogens (tertiary/aromatic N) is 1. The summed E-state index contributed by atoms with van der Waals surface area (Å²) < 4.78 is 42.8. The van der Waals surface area contributed by atoms with Crippen LogP contribution in [-0.2, 0) is 16.4 Å². The second kappa shape index (κ2) is 7.90. The van der Waals surface area contributed by atoms with E-state index in [2.05, 4.69) is 4.98 Å². The Morgan fingerprint density at radius 3 is 2.32 bits per heavy atom. The number of nitrogens with one attached hydrogen (secondary N) is 1. The van der Waals surface area contributed by atoms with Crippen LogP contribution >= 0.6 is 0 Å². The van der Waals surface area contributed by atoms with E-state index in [0.717, 1.165) is 17.2 Å². The Labute approximate surface area is 180 Å². The molecular formula is C22H24N2O6S. The van der Waals surface area contributed by atoms with Crippen LogP contribution in [0.2, 0.25) is 0 Å². The zero-order valence-corrected chi connectivity index (χ0v) is 18.6. The molecule has 3 aromatic rings. The summed E-state index contributed by atoms with van der Waals surface area (Å²) in [6, 6.07) is 9.86. The highest BCUT2D eigenvalue weighted by Gasteiger charge is 2.37. The van der Waals surface area contributed by atoms with Crippen molar-refractivity contribution in [2.45, 2.75) is 12.5 Å². The van der Waals surface area contributed by atoms with Crippen LogP contribution in [0.25, 0.3) is 10.9 Å². The number of hydrogen-bond acceptors (Lipinski definition) is 6. The Balaban J connectivity index is 2.00. The van der Waals surface area contributed by atoms with Crippen molar-refractivity contribution in [2.75, 3.05) is 34.1 Å². The van der Waals surface area contributed by atoms with Crippen LogP contribution in [0, 0.1) is 0 Å². The van der Waals surface area contributed by atoms with E-state index in [-0.39, 0.29) is 12.1 Å². The Hall–Kier alpha value is -3.04. The van der Waals surface area contributed by atoms with E-state index in [1.54, 1.807) is 44.6 Å². The molecule has 1 aromatic heterocycles. The molecule has 1 N–H and O–H groups in total. The van der Waals surface area contributed by atoms with Crippen LogP contribution < -0.4 is 19.8 Å². The first-order valence-electron chi connectivity index (χ1n) is 9.69. The van der Waals surface area contributed by atoms with Crippen LogP contribution in [0.1, 0.15) is 22.7 Å². The standard InChI is InChI=1S/C22H24N2O6S/c1-28-15-5-6-18-14(9-15)10-17(22(25)23-18)21-16-12-20(30-3)19(29-2)11-13(16)7-8-24(21)31(4,26)27/h5-6,9-12,21H,7-8H2,1-4H3,(H,23,25). The van der Waals surface area contributed by atoms with Crippen molar-refractivity contribution in [3.8, 4) is 17.2 Å². The number of hydrogen-bond donors (Lipinski definition) is 1. The van der Waals surface area contributed by atoms with Gasteiger partial charge in [-0.3, -0.25) is 4.79 Å². The fraction of sp³-hybridized carbons (Fsp3) is 0.318. The van der Waals surface area contributed by atoms with Gasteiger partial charge in [0, 0.05) is 23.0 Å². The van der Waals surface area contributed by atoms with Crippen molar-refractivity contribution >= 4 is 20.9 Å². The number of rotatable bonds is 5. The summed E-state index contributed by atoms with van der Waals surface area (Å²) in [5, 5.41) is 0.745. The molecule has 0 radical (unpaired) electrons. The zero-order chi connectivity index (χ0) is 22.3. The van der Waals surface area contributed by atoms with Gasteiger partial charge in [0.1, 0.15) is 5.75 Å². The maximum atomic E-state index is 13.1. The van der Waals surface area contributed by atoms with Crippen molar-refractivity contribution in [2.24, 2.45) is 0 Å². The molecule has 0 spiro atoms. The van der Waals surface area contributed by atoms with Crippen LogP contribution in [0.3, 0.4) is 0 Å². The molecule has 8 nitrogen and oxygen atoms in total. The monoisotopic (exact) mass is 444 g/mol. The van der Waals surface area contributed by atoms with Gasteiger partial charge < -0.3 is 19.2 Å². The van der Waals surface area contributed by atoms with Crippen molar-refractivity contribution in [3.05, 3.63) is 63.4 Å². The number of benzene rings is 2. The van der Waals surface area contributed by atoms with Gasteiger partial charge in [-0.05, 0) is 53.9 Å². The van der Waals surface area contributed by atoms with Gasteiger partial charge in [-0.2, -0.15) is 4.31 Å². The van der Waals surface area contributed by atoms with Crippen LogP contribution in [-0.4, -0.2) is 51.8 Å². The predicted molar refractivity (Wildman–Crippen MR) is 118 cm³/mol. The number of ether oxygens (including phenoxy) is 3. The van der Waals surface area contributed by atoms with E-state index < -0.39 is 16.1 Å². The number of aromatic amines is 1. The van der Waals surface area contributed by atoms with Gasteiger partial charge in [0.25, 0.3) is 5.56 Å². The molecule has 164 valence electrons. The molecule has 1 atom stereocenters. The lowest BCUT2D eigenvalue weighted by molar-refractivity contribution is 0.332. The normalized spacial score (nSPS) is 16.7. The van der Waals surface area contributed by atoms with Gasteiger partial charge in [-0.1, -0.05) is 0 Å². The lowest BCUT2D eigenvalue weighted by Crippen LogP contribution is -2.42. The summed E-state index contributed by atoms with van der Waals surface area (Å²) in [6.07, 6.45) is 1.66. The largest absolute Gasteiger partial charge is 0.497 e. The second-order valence-electron chi connectivity index (χ2n) is 7.44. The third-order valence-electron chi connectivity index (χ3n) is 5.63. The molecule has 0 amide bonds. The molecule has 1 aliphatic rings. The topological polar surface area (TPSA) is 97.9 Å². The highest BCUT2D eigenvalue weighted by molar-refractivity contribution is 7.88. The van der Waals surface area contributed by atoms with Gasteiger partial charge in [0.15, 0.2) is 11.5 Å². The minimum absolute atomic E-state index is 0.252. The first kappa shape index (κ1) is 21.2. The lowest BCUT2D eigenvalue weighted by Gasteiger charge is -2.36. The first-order valence-corrected chi connectivity index (χ1v) is 11.5. The number of fused-ring (bicyclic) bond motifs is 2. The fourth-order valence-corrected chi connectivity index (χ4v) is 5.17. The maximum Gasteiger partial charge on any atom is 0.253 e. The molecule has 1 aliphatic heterocycles. The van der Waals surface area contributed by atoms with E-state index in [0.29, 0.717) is 40.3 Å². The van der Waals surface area contributed by atoms with Gasteiger partial charge >= 0.3 is 0 Å². The maximum absolute atomic E-state index is 13.1. The van der Waals surface area contributed by atoms with Crippen molar-refractivity contribution in [1.29, 1.82) is 0 Å². The molecule has 4 rings (SSSR count). The molecule has 0 bridgehead atoms. The van der Waals surface area contributed by atoms with Gasteiger partial charge in [0.2, 0.25) is 10.0 Å². The third kappa shape index (κ3) is 3.75. The molecule has 31 heavy (non-hydrogen) atoms. The Bertz CT molecular complexity index is 1320. The molecular weight excluding hydrogens is 420 g/mol. The van der Waals surface area contributed by atoms with E-state index in [1.165, 1.54) is 11.4 Å². The molecule has 0 saturated carbocycles. The van der Waals surface area contributed by atoms with Crippen LogP contribution in [0.15, 0.2) is 41.2 Å². The molecule has 2 aromatic carbocycles. The fourth-order valence-electron chi connectivity index (χ4n) is 4.13. The summed E-state index contributed by atoms with van der Waals surface area (Å²) in [6.45, 7) is 0.252. The average Bonchev–Trinajstić information content (AvgIpc) is 2.75. The van der Waals surface area contributed by atoms with E-state index >= 15 is 0 Å². The number of aromatic nitrogens is 1. The Morgan fingerprint density at radius 2 is 1.68 bits per heavy atom. The van der Waals surface area contributed by atoms with Gasteiger partial charge in [-0.25, -0.2) is 8.42 Å². The summed E-state index contributed by atoms with van der Waals surface area (Å²) >= 11 is 0. The number of methoxy groups -OCH3 is 3. The number of H-pyrrole nitrogens is 1. The summed E-state index contributed by atoms with van der Waals surface area (Å²) in [5.74, 6) is 1.67. The minimum atomic E-state index is -3.60. The van der Waals surface area contributed by atoms with Crippen LogP contribution in [0.4, 0.5) is 0 Å². The molecule has 9 heteroatoms. The summed E-state index contributed by atoms with van der Waals surface area (Å²) in [5.41, 5.74) is 2.23. The zero-order valence-electron chi connectivity index (χ0n) is 17.8. The van der Waals surface area contributed by atoms with Crippen LogP contribution in [0.5, 0.6) is 17.2 Å². The minimum Gasteiger partial charge on any atom is -0.497 e. The number of pyridine rings is 1.